The molecule has 0 atom stereocenters. The Balaban J connectivity index is 1.71. The van der Waals surface area contributed by atoms with Gasteiger partial charge in [-0.3, -0.25) is 14.3 Å². The molecule has 1 heterocycles. The summed E-state index contributed by atoms with van der Waals surface area (Å²) in [5.41, 5.74) is 2.58. The summed E-state index contributed by atoms with van der Waals surface area (Å²) in [4.78, 5) is 19.8. The number of aromatic hydroxyl groups is 1. The average Bonchev–Trinajstić information content (AvgIpc) is 3.19. The number of nitrogens with zero attached hydrogens (tertiary/aromatic N) is 5. The van der Waals surface area contributed by atoms with Crippen molar-refractivity contribution >= 4 is 28.2 Å². The molecule has 0 bridgehead atoms. The quantitative estimate of drug-likeness (QED) is 0.157. The van der Waals surface area contributed by atoms with Crippen LogP contribution in [0.15, 0.2) is 63.9 Å². The highest BCUT2D eigenvalue weighted by Gasteiger charge is 2.18. The maximum absolute atomic E-state index is 12.3. The minimum Gasteiger partial charge on any atom is -0.497 e. The van der Waals surface area contributed by atoms with E-state index in [2.05, 4.69) is 34.1 Å². The van der Waals surface area contributed by atoms with E-state index >= 15 is 0 Å². The van der Waals surface area contributed by atoms with Gasteiger partial charge in [-0.1, -0.05) is 50.0 Å². The van der Waals surface area contributed by atoms with Crippen molar-refractivity contribution in [3.05, 3.63) is 54.1 Å². The number of hydrogen-bond acceptors (Lipinski definition) is 7. The highest BCUT2D eigenvalue weighted by Crippen LogP contribution is 2.39. The molecule has 37 heavy (non-hydrogen) atoms. The van der Waals surface area contributed by atoms with Crippen LogP contribution < -0.4 is 4.74 Å². The Morgan fingerprint density at radius 3 is 2.35 bits per heavy atom. The Morgan fingerprint density at radius 1 is 1.03 bits per heavy atom. The van der Waals surface area contributed by atoms with Gasteiger partial charge in [0, 0.05) is 5.39 Å². The van der Waals surface area contributed by atoms with E-state index in [9.17, 15) is 9.90 Å². The molecular formula is C28H37N5O4. The van der Waals surface area contributed by atoms with Crippen LogP contribution in [0.25, 0.3) is 10.9 Å². The van der Waals surface area contributed by atoms with Crippen molar-refractivity contribution in [3.63, 3.8) is 0 Å². The number of unbranched alkanes of at least 4 members (excludes halogenated alkanes) is 2. The summed E-state index contributed by atoms with van der Waals surface area (Å²) in [6.07, 6.45) is 4.39. The highest BCUT2D eigenvalue weighted by molar-refractivity contribution is 5.98. The Morgan fingerprint density at radius 2 is 1.70 bits per heavy atom. The number of carbonyl (C=O) groups excluding carboxylic acids is 1. The smallest absolute Gasteiger partial charge is 0.304 e. The van der Waals surface area contributed by atoms with Crippen molar-refractivity contribution in [2.45, 2.75) is 53.1 Å². The molecule has 0 radical (unpaired) electrons. The maximum Gasteiger partial charge on any atom is 0.304 e. The maximum atomic E-state index is 12.3. The van der Waals surface area contributed by atoms with Crippen molar-refractivity contribution in [2.24, 2.45) is 15.4 Å². The largest absolute Gasteiger partial charge is 0.497 e. The standard InChI is InChI=1S/C28H37N5O4/c1-5-7-17-32(18-8-6-2)20-33-25-12-10-9-11-24(25)27(28(33)35)30-29-26(34)19-37-31-21(3)22-13-15-23(36-4)16-14-22/h9-16,35H,5-8,17-20H2,1-4H3/b30-29?,31-21+. The number of methoxy groups -OCH3 is 1. The van der Waals surface area contributed by atoms with Gasteiger partial charge in [0.15, 0.2) is 12.3 Å². The third-order valence-electron chi connectivity index (χ3n) is 6.07. The molecule has 0 saturated heterocycles. The number of para-hydroxylation sites is 1. The van der Waals surface area contributed by atoms with Gasteiger partial charge in [0.2, 0.25) is 5.88 Å². The van der Waals surface area contributed by atoms with Gasteiger partial charge in [0.05, 0.1) is 25.0 Å². The third kappa shape index (κ3) is 7.63. The minimum atomic E-state index is -0.602. The summed E-state index contributed by atoms with van der Waals surface area (Å²) in [5, 5.41) is 23.7. The fourth-order valence-electron chi connectivity index (χ4n) is 3.93. The summed E-state index contributed by atoms with van der Waals surface area (Å²) in [7, 11) is 1.60. The molecule has 198 valence electrons. The zero-order valence-electron chi connectivity index (χ0n) is 22.2. The Hall–Kier alpha value is -3.72. The molecule has 0 fully saturated rings. The first-order valence-electron chi connectivity index (χ1n) is 12.8. The minimum absolute atomic E-state index is 0.00923. The van der Waals surface area contributed by atoms with Crippen molar-refractivity contribution < 1.29 is 19.5 Å². The number of carbonyl (C=O) groups is 1. The van der Waals surface area contributed by atoms with Crippen LogP contribution in [0.4, 0.5) is 5.69 Å². The van der Waals surface area contributed by atoms with Crippen molar-refractivity contribution in [3.8, 4) is 11.6 Å². The zero-order valence-corrected chi connectivity index (χ0v) is 22.2. The van der Waals surface area contributed by atoms with Gasteiger partial charge in [0.1, 0.15) is 5.75 Å². The summed E-state index contributed by atoms with van der Waals surface area (Å²) in [6, 6.07) is 15.0. The number of amides is 1. The van der Waals surface area contributed by atoms with Crippen LogP contribution in [0.2, 0.25) is 0 Å². The second kappa shape index (κ2) is 14.1. The van der Waals surface area contributed by atoms with Crippen LogP contribution in [0.3, 0.4) is 0 Å². The van der Waals surface area contributed by atoms with Gasteiger partial charge in [-0.2, -0.15) is 0 Å². The molecule has 3 aromatic rings. The van der Waals surface area contributed by atoms with Crippen LogP contribution in [0.5, 0.6) is 11.6 Å². The van der Waals surface area contributed by atoms with E-state index in [1.807, 2.05) is 53.1 Å². The predicted molar refractivity (Wildman–Crippen MR) is 146 cm³/mol. The summed E-state index contributed by atoms with van der Waals surface area (Å²) in [6.45, 7) is 8.20. The van der Waals surface area contributed by atoms with Crippen molar-refractivity contribution in [1.29, 1.82) is 0 Å². The first kappa shape index (κ1) is 27.9. The molecule has 0 aliphatic heterocycles. The second-order valence-electron chi connectivity index (χ2n) is 8.86. The number of aromatic nitrogens is 1. The molecule has 0 spiro atoms. The van der Waals surface area contributed by atoms with Gasteiger partial charge < -0.3 is 14.7 Å². The molecule has 9 heteroatoms. The van der Waals surface area contributed by atoms with Gasteiger partial charge in [-0.15, -0.1) is 10.2 Å². The lowest BCUT2D eigenvalue weighted by molar-refractivity contribution is -0.122. The van der Waals surface area contributed by atoms with E-state index in [4.69, 9.17) is 9.57 Å². The number of oxime groups is 1. The van der Waals surface area contributed by atoms with E-state index in [0.29, 0.717) is 12.4 Å². The number of ether oxygens (including phenoxy) is 1. The molecule has 1 amide bonds. The van der Waals surface area contributed by atoms with Gasteiger partial charge in [-0.25, -0.2) is 0 Å². The lowest BCUT2D eigenvalue weighted by Gasteiger charge is -2.23. The van der Waals surface area contributed by atoms with E-state index in [0.717, 1.165) is 61.0 Å². The third-order valence-corrected chi connectivity index (χ3v) is 6.07. The second-order valence-corrected chi connectivity index (χ2v) is 8.86. The summed E-state index contributed by atoms with van der Waals surface area (Å²) < 4.78 is 6.98. The highest BCUT2D eigenvalue weighted by atomic mass is 16.6. The van der Waals surface area contributed by atoms with E-state index in [-0.39, 0.29) is 18.2 Å². The zero-order chi connectivity index (χ0) is 26.6. The van der Waals surface area contributed by atoms with Crippen LogP contribution in [-0.4, -0.2) is 53.0 Å². The molecule has 0 aliphatic rings. The Labute approximate surface area is 218 Å². The molecule has 1 N–H and O–H groups in total. The topological polar surface area (TPSA) is 101 Å². The van der Waals surface area contributed by atoms with Crippen LogP contribution in [-0.2, 0) is 16.3 Å². The SMILES string of the molecule is CCCCN(CCCC)Cn1c(O)c(N=NC(=O)CO/N=C(\C)c2ccc(OC)cc2)c2ccccc21. The fraction of sp³-hybridized carbons (Fsp3) is 0.429. The molecule has 0 aliphatic carbocycles. The lowest BCUT2D eigenvalue weighted by atomic mass is 10.1. The number of benzene rings is 2. The number of fused-ring (bicyclic) bond motifs is 1. The first-order chi connectivity index (χ1) is 18.0. The number of azo groups is 1. The average molecular weight is 508 g/mol. The predicted octanol–water partition coefficient (Wildman–Crippen LogP) is 6.27. The van der Waals surface area contributed by atoms with Gasteiger partial charge in [0.25, 0.3) is 0 Å². The van der Waals surface area contributed by atoms with E-state index in [1.165, 1.54) is 0 Å². The molecular weight excluding hydrogens is 470 g/mol. The molecule has 0 saturated carbocycles. The first-order valence-corrected chi connectivity index (χ1v) is 12.8. The normalized spacial score (nSPS) is 12.1. The number of rotatable bonds is 14. The van der Waals surface area contributed by atoms with Crippen LogP contribution >= 0.6 is 0 Å². The molecule has 9 nitrogen and oxygen atoms in total. The monoisotopic (exact) mass is 507 g/mol. The lowest BCUT2D eigenvalue weighted by Crippen LogP contribution is -2.28. The summed E-state index contributed by atoms with van der Waals surface area (Å²) >= 11 is 0. The van der Waals surface area contributed by atoms with Gasteiger partial charge in [-0.05, 0) is 68.8 Å². The Bertz CT molecular complexity index is 1210. The van der Waals surface area contributed by atoms with Crippen LogP contribution in [0, 0.1) is 0 Å². The fourth-order valence-corrected chi connectivity index (χ4v) is 3.93. The molecule has 0 unspecified atom stereocenters. The summed E-state index contributed by atoms with van der Waals surface area (Å²) in [5.74, 6) is 0.132. The molecule has 3 rings (SSSR count). The molecule has 1 aromatic heterocycles. The molecule has 2 aromatic carbocycles. The van der Waals surface area contributed by atoms with Crippen molar-refractivity contribution in [2.75, 3.05) is 26.8 Å². The van der Waals surface area contributed by atoms with Gasteiger partial charge >= 0.3 is 5.91 Å². The van der Waals surface area contributed by atoms with Crippen molar-refractivity contribution in [1.82, 2.24) is 9.47 Å². The number of hydrogen-bond donors (Lipinski definition) is 1. The Kier molecular flexibility index (Phi) is 10.6. The van der Waals surface area contributed by atoms with Crippen LogP contribution in [0.1, 0.15) is 52.0 Å². The van der Waals surface area contributed by atoms with E-state index in [1.54, 1.807) is 14.0 Å². The van der Waals surface area contributed by atoms with E-state index < -0.39 is 5.91 Å².